The molecule has 3 aromatic carbocycles. The largest absolute Gasteiger partial charge is 0.465 e. The van der Waals surface area contributed by atoms with Crippen LogP contribution in [-0.4, -0.2) is 29.9 Å². The molecule has 0 aromatic heterocycles. The predicted molar refractivity (Wildman–Crippen MR) is 140 cm³/mol. The molecule has 5 heteroatoms. The fourth-order valence-electron chi connectivity index (χ4n) is 4.45. The van der Waals surface area contributed by atoms with Gasteiger partial charge in [-0.2, -0.15) is 0 Å². The van der Waals surface area contributed by atoms with Gasteiger partial charge in [-0.25, -0.2) is 0 Å². The van der Waals surface area contributed by atoms with Crippen molar-refractivity contribution in [2.45, 2.75) is 50.0 Å². The summed E-state index contributed by atoms with van der Waals surface area (Å²) in [5.74, 6) is -0.0928. The van der Waals surface area contributed by atoms with Crippen molar-refractivity contribution in [2.75, 3.05) is 12.4 Å². The lowest BCUT2D eigenvalue weighted by molar-refractivity contribution is -0.156. The Morgan fingerprint density at radius 2 is 1.34 bits per heavy atom. The minimum atomic E-state index is -0.558. The highest BCUT2D eigenvalue weighted by Gasteiger charge is 2.30. The molecule has 0 bridgehead atoms. The van der Waals surface area contributed by atoms with Gasteiger partial charge >= 0.3 is 11.9 Å². The van der Waals surface area contributed by atoms with Gasteiger partial charge in [0.15, 0.2) is 0 Å². The third-order valence-corrected chi connectivity index (χ3v) is 7.18. The summed E-state index contributed by atoms with van der Waals surface area (Å²) in [6, 6.07) is 26.6. The molecule has 182 valence electrons. The number of benzene rings is 3. The van der Waals surface area contributed by atoms with Crippen LogP contribution in [0.4, 0.5) is 0 Å². The van der Waals surface area contributed by atoms with Gasteiger partial charge in [0.25, 0.3) is 0 Å². The third kappa shape index (κ3) is 6.76. The predicted octanol–water partition coefficient (Wildman–Crippen LogP) is 6.87. The molecule has 0 N–H and O–H groups in total. The number of fused-ring (bicyclic) bond motifs is 3. The normalized spacial score (nSPS) is 13.6. The molecule has 1 aliphatic carbocycles. The van der Waals surface area contributed by atoms with Crippen molar-refractivity contribution in [1.29, 1.82) is 0 Å². The minimum absolute atomic E-state index is 0.0225. The summed E-state index contributed by atoms with van der Waals surface area (Å²) in [4.78, 5) is 26.6. The number of carbonyl (C=O) groups is 2. The maximum atomic E-state index is 12.9. The van der Waals surface area contributed by atoms with Crippen molar-refractivity contribution in [3.8, 4) is 11.1 Å². The van der Waals surface area contributed by atoms with Crippen LogP contribution in [0.2, 0.25) is 0 Å². The Balaban J connectivity index is 1.40. The first-order chi connectivity index (χ1) is 16.8. The Kier molecular flexibility index (Phi) is 7.97. The van der Waals surface area contributed by atoms with Crippen LogP contribution in [0.1, 0.15) is 50.7 Å². The van der Waals surface area contributed by atoms with E-state index in [4.69, 9.17) is 9.47 Å². The molecule has 0 aliphatic heterocycles. The molecule has 0 fully saturated rings. The molecule has 4 rings (SSSR count). The molecule has 0 saturated heterocycles. The topological polar surface area (TPSA) is 52.6 Å². The highest BCUT2D eigenvalue weighted by molar-refractivity contribution is 7.99. The lowest BCUT2D eigenvalue weighted by Gasteiger charge is -2.22. The number of rotatable bonds is 9. The lowest BCUT2D eigenvalue weighted by Crippen LogP contribution is -2.26. The van der Waals surface area contributed by atoms with E-state index >= 15 is 0 Å². The molecule has 0 amide bonds. The van der Waals surface area contributed by atoms with Crippen LogP contribution in [0.3, 0.4) is 0 Å². The molecular formula is C30H32O4S. The first-order valence-electron chi connectivity index (χ1n) is 12.0. The van der Waals surface area contributed by atoms with E-state index in [1.807, 2.05) is 75.4 Å². The Morgan fingerprint density at radius 3 is 1.94 bits per heavy atom. The molecular weight excluding hydrogens is 456 g/mol. The highest BCUT2D eigenvalue weighted by Crippen LogP contribution is 2.44. The van der Waals surface area contributed by atoms with Gasteiger partial charge in [-0.1, -0.05) is 66.7 Å². The summed E-state index contributed by atoms with van der Waals surface area (Å²) in [5, 5.41) is 0. The average molecular weight is 489 g/mol. The average Bonchev–Trinajstić information content (AvgIpc) is 3.14. The van der Waals surface area contributed by atoms with E-state index in [1.54, 1.807) is 11.8 Å². The monoisotopic (exact) mass is 488 g/mol. The number of thioether (sulfide) groups is 1. The van der Waals surface area contributed by atoms with Crippen LogP contribution in [0.5, 0.6) is 0 Å². The summed E-state index contributed by atoms with van der Waals surface area (Å²) in [6.07, 6.45) is 0.358. The zero-order chi connectivity index (χ0) is 24.8. The van der Waals surface area contributed by atoms with Crippen LogP contribution in [0.25, 0.3) is 11.1 Å². The SMILES string of the molecule is CC(C)(C)OC(=O)C[C@H](CSc1ccccc1)CC(=O)OCC1c2ccccc2-c2ccccc21. The second-order valence-corrected chi connectivity index (χ2v) is 11.0. The first-order valence-corrected chi connectivity index (χ1v) is 13.0. The number of ether oxygens (including phenoxy) is 2. The van der Waals surface area contributed by atoms with Gasteiger partial charge in [0.05, 0.1) is 0 Å². The zero-order valence-electron chi connectivity index (χ0n) is 20.5. The molecule has 0 heterocycles. The van der Waals surface area contributed by atoms with Crippen molar-refractivity contribution in [3.05, 3.63) is 90.0 Å². The van der Waals surface area contributed by atoms with Gasteiger partial charge in [0.2, 0.25) is 0 Å². The van der Waals surface area contributed by atoms with Gasteiger partial charge in [-0.15, -0.1) is 11.8 Å². The van der Waals surface area contributed by atoms with Crippen molar-refractivity contribution < 1.29 is 19.1 Å². The van der Waals surface area contributed by atoms with Crippen LogP contribution in [-0.2, 0) is 19.1 Å². The third-order valence-electron chi connectivity index (χ3n) is 5.93. The Hall–Kier alpha value is -3.05. The van der Waals surface area contributed by atoms with Gasteiger partial charge in [-0.05, 0) is 61.1 Å². The van der Waals surface area contributed by atoms with Crippen molar-refractivity contribution in [2.24, 2.45) is 5.92 Å². The summed E-state index contributed by atoms with van der Waals surface area (Å²) in [7, 11) is 0. The van der Waals surface area contributed by atoms with Crippen molar-refractivity contribution in [1.82, 2.24) is 0 Å². The Labute approximate surface area is 212 Å². The van der Waals surface area contributed by atoms with Crippen LogP contribution >= 0.6 is 11.8 Å². The number of carbonyl (C=O) groups excluding carboxylic acids is 2. The number of esters is 2. The molecule has 0 unspecified atom stereocenters. The molecule has 0 saturated carbocycles. The van der Waals surface area contributed by atoms with E-state index in [-0.39, 0.29) is 43.2 Å². The Bertz CT molecular complexity index is 1120. The van der Waals surface area contributed by atoms with Crippen molar-refractivity contribution in [3.63, 3.8) is 0 Å². The maximum absolute atomic E-state index is 12.9. The van der Waals surface area contributed by atoms with E-state index < -0.39 is 5.60 Å². The molecule has 4 nitrogen and oxygen atoms in total. The van der Waals surface area contributed by atoms with Crippen LogP contribution in [0, 0.1) is 5.92 Å². The first kappa shape index (κ1) is 25.1. The minimum Gasteiger partial charge on any atom is -0.465 e. The standard InChI is InChI=1S/C30H32O4S/c1-30(2,3)34-29(32)18-21(20-35-22-11-5-4-6-12-22)17-28(31)33-19-27-25-15-9-7-13-23(25)24-14-8-10-16-26(24)27/h4-16,21,27H,17-20H2,1-3H3/t21-/m1/s1. The smallest absolute Gasteiger partial charge is 0.306 e. The van der Waals surface area contributed by atoms with Gasteiger partial charge in [0.1, 0.15) is 12.2 Å². The second kappa shape index (κ2) is 11.1. The fourth-order valence-corrected chi connectivity index (χ4v) is 5.46. The van der Waals surface area contributed by atoms with Crippen LogP contribution in [0.15, 0.2) is 83.8 Å². The summed E-state index contributed by atoms with van der Waals surface area (Å²) in [5.41, 5.74) is 4.22. The van der Waals surface area contributed by atoms with Crippen LogP contribution < -0.4 is 0 Å². The van der Waals surface area contributed by atoms with E-state index in [2.05, 4.69) is 24.3 Å². The van der Waals surface area contributed by atoms with E-state index in [1.165, 1.54) is 22.3 Å². The lowest BCUT2D eigenvalue weighted by atomic mass is 9.98. The van der Waals surface area contributed by atoms with E-state index in [0.29, 0.717) is 5.75 Å². The highest BCUT2D eigenvalue weighted by atomic mass is 32.2. The van der Waals surface area contributed by atoms with Crippen molar-refractivity contribution >= 4 is 23.7 Å². The van der Waals surface area contributed by atoms with E-state index in [9.17, 15) is 9.59 Å². The summed E-state index contributed by atoms with van der Waals surface area (Å²) < 4.78 is 11.3. The number of hydrogen-bond donors (Lipinski definition) is 0. The quantitative estimate of drug-likeness (QED) is 0.243. The molecule has 0 spiro atoms. The zero-order valence-corrected chi connectivity index (χ0v) is 21.3. The van der Waals surface area contributed by atoms with E-state index in [0.717, 1.165) is 4.90 Å². The summed E-state index contributed by atoms with van der Waals surface area (Å²) >= 11 is 1.64. The summed E-state index contributed by atoms with van der Waals surface area (Å²) in [6.45, 7) is 5.84. The molecule has 1 atom stereocenters. The number of hydrogen-bond acceptors (Lipinski definition) is 5. The van der Waals surface area contributed by atoms with Gasteiger partial charge in [-0.3, -0.25) is 9.59 Å². The van der Waals surface area contributed by atoms with Gasteiger partial charge in [0, 0.05) is 29.4 Å². The Morgan fingerprint density at radius 1 is 0.800 bits per heavy atom. The molecule has 1 aliphatic rings. The molecule has 0 radical (unpaired) electrons. The molecule has 35 heavy (non-hydrogen) atoms. The fraction of sp³-hybridized carbons (Fsp3) is 0.333. The molecule has 3 aromatic rings. The second-order valence-electron chi connectivity index (χ2n) is 9.89. The maximum Gasteiger partial charge on any atom is 0.306 e. The van der Waals surface area contributed by atoms with Gasteiger partial charge < -0.3 is 9.47 Å².